The molecular formula is C14H16N4O3S2. The summed E-state index contributed by atoms with van der Waals surface area (Å²) in [6.07, 6.45) is 1.30. The van der Waals surface area contributed by atoms with Gasteiger partial charge in [0.15, 0.2) is 5.13 Å². The quantitative estimate of drug-likeness (QED) is 0.734. The molecule has 3 amide bonds. The molecule has 2 heterocycles. The lowest BCUT2D eigenvalue weighted by atomic mass is 10.0. The largest absolute Gasteiger partial charge is 0.365 e. The van der Waals surface area contributed by atoms with Gasteiger partial charge in [0, 0.05) is 0 Å². The first kappa shape index (κ1) is 17.1. The molecule has 0 aliphatic carbocycles. The maximum atomic E-state index is 12.4. The number of thiophene rings is 1. The predicted octanol–water partition coefficient (Wildman–Crippen LogP) is 1.70. The van der Waals surface area contributed by atoms with Gasteiger partial charge in [-0.1, -0.05) is 31.3 Å². The van der Waals surface area contributed by atoms with Gasteiger partial charge in [0.2, 0.25) is 5.91 Å². The van der Waals surface area contributed by atoms with E-state index in [1.807, 2.05) is 13.8 Å². The zero-order valence-corrected chi connectivity index (χ0v) is 14.2. The van der Waals surface area contributed by atoms with Crippen LogP contribution in [0.3, 0.4) is 0 Å². The van der Waals surface area contributed by atoms with Crippen molar-refractivity contribution in [1.82, 2.24) is 10.3 Å². The number of hydrogen-bond acceptors (Lipinski definition) is 6. The van der Waals surface area contributed by atoms with Crippen LogP contribution in [0.25, 0.3) is 0 Å². The number of nitrogens with one attached hydrogen (secondary N) is 2. The van der Waals surface area contributed by atoms with Crippen LogP contribution in [-0.4, -0.2) is 28.7 Å². The van der Waals surface area contributed by atoms with Crippen molar-refractivity contribution < 1.29 is 14.4 Å². The van der Waals surface area contributed by atoms with Crippen LogP contribution < -0.4 is 16.4 Å². The van der Waals surface area contributed by atoms with E-state index >= 15 is 0 Å². The molecule has 1 unspecified atom stereocenters. The first-order valence-electron chi connectivity index (χ1n) is 6.79. The monoisotopic (exact) mass is 352 g/mol. The number of carbonyl (C=O) groups excluding carboxylic acids is 3. The van der Waals surface area contributed by atoms with Crippen LogP contribution in [0.2, 0.25) is 0 Å². The molecule has 0 radical (unpaired) electrons. The molecule has 2 rings (SSSR count). The van der Waals surface area contributed by atoms with Crippen molar-refractivity contribution in [3.05, 3.63) is 33.5 Å². The lowest BCUT2D eigenvalue weighted by Gasteiger charge is -2.20. The molecule has 0 saturated heterocycles. The highest BCUT2D eigenvalue weighted by Crippen LogP contribution is 2.18. The van der Waals surface area contributed by atoms with Gasteiger partial charge >= 0.3 is 0 Å². The molecule has 7 nitrogen and oxygen atoms in total. The fourth-order valence-corrected chi connectivity index (χ4v) is 3.08. The fraction of sp³-hybridized carbons (Fsp3) is 0.286. The Morgan fingerprint density at radius 1 is 1.26 bits per heavy atom. The Bertz CT molecular complexity index is 709. The van der Waals surface area contributed by atoms with Crippen LogP contribution in [0, 0.1) is 5.92 Å². The zero-order chi connectivity index (χ0) is 17.0. The van der Waals surface area contributed by atoms with Gasteiger partial charge in [0.05, 0.1) is 11.1 Å². The Morgan fingerprint density at radius 2 is 2.00 bits per heavy atom. The van der Waals surface area contributed by atoms with Crippen LogP contribution in [0.15, 0.2) is 23.7 Å². The van der Waals surface area contributed by atoms with Gasteiger partial charge in [-0.25, -0.2) is 4.98 Å². The Balaban J connectivity index is 2.05. The minimum atomic E-state index is -0.717. The Labute approximate surface area is 140 Å². The van der Waals surface area contributed by atoms with Crippen molar-refractivity contribution in [2.24, 2.45) is 11.7 Å². The standard InChI is InChI=1S/C14H16N4O3S2/c1-7(2)10(17-12(20)8-4-3-5-22-8)13(21)18-14-16-6-9(23-14)11(15)19/h3-7,10H,1-2H3,(H2,15,19)(H,17,20)(H,16,18,21). The molecule has 0 fully saturated rings. The van der Waals surface area contributed by atoms with E-state index in [2.05, 4.69) is 15.6 Å². The van der Waals surface area contributed by atoms with Crippen molar-refractivity contribution in [3.63, 3.8) is 0 Å². The van der Waals surface area contributed by atoms with E-state index < -0.39 is 17.9 Å². The topological polar surface area (TPSA) is 114 Å². The second-order valence-electron chi connectivity index (χ2n) is 5.06. The normalized spacial score (nSPS) is 12.0. The van der Waals surface area contributed by atoms with Gasteiger partial charge in [-0.2, -0.15) is 0 Å². The zero-order valence-electron chi connectivity index (χ0n) is 12.5. The third-order valence-electron chi connectivity index (χ3n) is 2.96. The van der Waals surface area contributed by atoms with E-state index in [-0.39, 0.29) is 21.8 Å². The molecule has 0 aliphatic rings. The molecule has 4 N–H and O–H groups in total. The van der Waals surface area contributed by atoms with E-state index in [1.54, 1.807) is 17.5 Å². The number of carbonyl (C=O) groups is 3. The van der Waals surface area contributed by atoms with Crippen LogP contribution >= 0.6 is 22.7 Å². The smallest absolute Gasteiger partial charge is 0.262 e. The van der Waals surface area contributed by atoms with Gasteiger partial charge < -0.3 is 16.4 Å². The van der Waals surface area contributed by atoms with Crippen molar-refractivity contribution in [2.75, 3.05) is 5.32 Å². The van der Waals surface area contributed by atoms with E-state index in [0.717, 1.165) is 11.3 Å². The molecule has 23 heavy (non-hydrogen) atoms. The van der Waals surface area contributed by atoms with Crippen molar-refractivity contribution in [2.45, 2.75) is 19.9 Å². The van der Waals surface area contributed by atoms with Gasteiger partial charge in [-0.05, 0) is 17.4 Å². The number of amides is 3. The fourth-order valence-electron chi connectivity index (χ4n) is 1.78. The van der Waals surface area contributed by atoms with Crippen LogP contribution in [0.1, 0.15) is 33.2 Å². The summed E-state index contributed by atoms with van der Waals surface area (Å²) in [4.78, 5) is 40.2. The number of thiazole rings is 1. The van der Waals surface area contributed by atoms with Crippen molar-refractivity contribution in [3.8, 4) is 0 Å². The van der Waals surface area contributed by atoms with Crippen LogP contribution in [0.4, 0.5) is 5.13 Å². The predicted molar refractivity (Wildman–Crippen MR) is 89.7 cm³/mol. The number of nitrogens with zero attached hydrogens (tertiary/aromatic N) is 1. The summed E-state index contributed by atoms with van der Waals surface area (Å²) < 4.78 is 0. The minimum Gasteiger partial charge on any atom is -0.365 e. The van der Waals surface area contributed by atoms with Crippen molar-refractivity contribution in [1.29, 1.82) is 0 Å². The van der Waals surface area contributed by atoms with Gasteiger partial charge in [-0.3, -0.25) is 14.4 Å². The van der Waals surface area contributed by atoms with Gasteiger partial charge in [0.25, 0.3) is 11.8 Å². The molecule has 0 saturated carbocycles. The molecular weight excluding hydrogens is 336 g/mol. The lowest BCUT2D eigenvalue weighted by molar-refractivity contribution is -0.118. The molecule has 2 aromatic heterocycles. The van der Waals surface area contributed by atoms with Gasteiger partial charge in [-0.15, -0.1) is 11.3 Å². The summed E-state index contributed by atoms with van der Waals surface area (Å²) in [6, 6.07) is 2.74. The molecule has 0 aliphatic heterocycles. The summed E-state index contributed by atoms with van der Waals surface area (Å²) in [5, 5.41) is 7.37. The van der Waals surface area contributed by atoms with Gasteiger partial charge in [0.1, 0.15) is 10.9 Å². The maximum absolute atomic E-state index is 12.4. The SMILES string of the molecule is CC(C)C(NC(=O)c1cccs1)C(=O)Nc1ncc(C(N)=O)s1. The number of rotatable bonds is 6. The highest BCUT2D eigenvalue weighted by molar-refractivity contribution is 7.17. The lowest BCUT2D eigenvalue weighted by Crippen LogP contribution is -2.46. The first-order valence-corrected chi connectivity index (χ1v) is 8.49. The Hall–Kier alpha value is -2.26. The average Bonchev–Trinajstić information content (AvgIpc) is 3.14. The molecule has 1 atom stereocenters. The van der Waals surface area contributed by atoms with E-state index in [4.69, 9.17) is 5.73 Å². The number of hydrogen-bond donors (Lipinski definition) is 3. The van der Waals surface area contributed by atoms with Crippen molar-refractivity contribution >= 4 is 45.5 Å². The molecule has 9 heteroatoms. The summed E-state index contributed by atoms with van der Waals surface area (Å²) >= 11 is 2.29. The highest BCUT2D eigenvalue weighted by atomic mass is 32.1. The summed E-state index contributed by atoms with van der Waals surface area (Å²) in [5.41, 5.74) is 5.15. The third-order valence-corrected chi connectivity index (χ3v) is 4.76. The second kappa shape index (κ2) is 7.34. The Kier molecular flexibility index (Phi) is 5.45. The van der Waals surface area contributed by atoms with Crippen LogP contribution in [-0.2, 0) is 4.79 Å². The third kappa shape index (κ3) is 4.36. The summed E-state index contributed by atoms with van der Waals surface area (Å²) in [7, 11) is 0. The second-order valence-corrected chi connectivity index (χ2v) is 7.03. The molecule has 2 aromatic rings. The van der Waals surface area contributed by atoms with Crippen LogP contribution in [0.5, 0.6) is 0 Å². The summed E-state index contributed by atoms with van der Waals surface area (Å²) in [6.45, 7) is 3.66. The average molecular weight is 352 g/mol. The van der Waals surface area contributed by atoms with E-state index in [9.17, 15) is 14.4 Å². The number of nitrogens with two attached hydrogens (primary N) is 1. The molecule has 0 bridgehead atoms. The number of anilines is 1. The highest BCUT2D eigenvalue weighted by Gasteiger charge is 2.26. The molecule has 0 aromatic carbocycles. The van der Waals surface area contributed by atoms with E-state index in [1.165, 1.54) is 17.5 Å². The molecule has 122 valence electrons. The van der Waals surface area contributed by atoms with E-state index in [0.29, 0.717) is 4.88 Å². The maximum Gasteiger partial charge on any atom is 0.262 e. The molecule has 0 spiro atoms. The Morgan fingerprint density at radius 3 is 2.52 bits per heavy atom. The summed E-state index contributed by atoms with van der Waals surface area (Å²) in [5.74, 6) is -1.41. The minimum absolute atomic E-state index is 0.116. The number of aromatic nitrogens is 1. The first-order chi connectivity index (χ1) is 10.9. The number of primary amides is 1.